The molecule has 1 heterocycles. The van der Waals surface area contributed by atoms with Crippen LogP contribution in [0.5, 0.6) is 0 Å². The smallest absolute Gasteiger partial charge is 0.240 e. The summed E-state index contributed by atoms with van der Waals surface area (Å²) in [6, 6.07) is 9.65. The molecule has 5 heteroatoms. The first-order valence-electron chi connectivity index (χ1n) is 3.84. The predicted molar refractivity (Wildman–Crippen MR) is 49.2 cm³/mol. The van der Waals surface area contributed by atoms with Gasteiger partial charge in [0.25, 0.3) is 0 Å². The number of rotatable bonds is 2. The van der Waals surface area contributed by atoms with Crippen molar-refractivity contribution in [2.45, 2.75) is 0 Å². The lowest BCUT2D eigenvalue weighted by molar-refractivity contribution is 0.879. The van der Waals surface area contributed by atoms with Gasteiger partial charge in [-0.05, 0) is 12.1 Å². The Morgan fingerprint density at radius 1 is 1.23 bits per heavy atom. The Balaban J connectivity index is 2.47. The summed E-state index contributed by atoms with van der Waals surface area (Å²) in [7, 11) is 0. The molecule has 0 atom stereocenters. The summed E-state index contributed by atoms with van der Waals surface area (Å²) in [5, 5.41) is 4.02. The summed E-state index contributed by atoms with van der Waals surface area (Å²) in [6.45, 7) is 0. The van der Waals surface area contributed by atoms with Crippen molar-refractivity contribution in [1.29, 1.82) is 0 Å². The second-order valence-corrected chi connectivity index (χ2v) is 2.48. The zero-order valence-electron chi connectivity index (χ0n) is 6.88. The van der Waals surface area contributed by atoms with Crippen LogP contribution >= 0.6 is 0 Å². The van der Waals surface area contributed by atoms with Crippen LogP contribution in [0.1, 0.15) is 0 Å². The summed E-state index contributed by atoms with van der Waals surface area (Å²) >= 11 is 0. The summed E-state index contributed by atoms with van der Waals surface area (Å²) < 4.78 is 1.62. The molecule has 13 heavy (non-hydrogen) atoms. The normalized spacial score (nSPS) is 9.92. The summed E-state index contributed by atoms with van der Waals surface area (Å²) in [6.07, 6.45) is 1.45. The second kappa shape index (κ2) is 3.24. The molecule has 0 radical (unpaired) electrons. The van der Waals surface area contributed by atoms with Gasteiger partial charge in [0.05, 0.1) is 5.69 Å². The highest BCUT2D eigenvalue weighted by molar-refractivity contribution is 5.38. The number of nitrogen functional groups attached to an aromatic ring is 1. The van der Waals surface area contributed by atoms with E-state index in [1.165, 1.54) is 6.33 Å². The standard InChI is InChI=1S/C8H9N5/c9-12-8-10-6-11-13(8)7-4-2-1-3-5-7/h1-6H,9H2,(H,10,11,12). The molecule has 1 aromatic heterocycles. The Kier molecular flexibility index (Phi) is 1.93. The first kappa shape index (κ1) is 7.75. The minimum absolute atomic E-state index is 0.520. The second-order valence-electron chi connectivity index (χ2n) is 2.48. The molecular formula is C8H9N5. The molecule has 66 valence electrons. The Morgan fingerprint density at radius 2 is 2.00 bits per heavy atom. The molecular weight excluding hydrogens is 166 g/mol. The first-order valence-corrected chi connectivity index (χ1v) is 3.84. The summed E-state index contributed by atoms with van der Waals surface area (Å²) in [5.74, 6) is 5.78. The van der Waals surface area contributed by atoms with Crippen LogP contribution in [0, 0.1) is 0 Å². The lowest BCUT2D eigenvalue weighted by Crippen LogP contribution is -2.12. The summed E-state index contributed by atoms with van der Waals surface area (Å²) in [5.41, 5.74) is 3.39. The quantitative estimate of drug-likeness (QED) is 0.516. The third kappa shape index (κ3) is 1.36. The molecule has 0 amide bonds. The number of nitrogens with one attached hydrogen (secondary N) is 1. The van der Waals surface area contributed by atoms with Gasteiger partial charge in [0.15, 0.2) is 0 Å². The lowest BCUT2D eigenvalue weighted by atomic mass is 10.3. The SMILES string of the molecule is NNc1ncnn1-c1ccccc1. The van der Waals surface area contributed by atoms with E-state index in [0.717, 1.165) is 5.69 Å². The van der Waals surface area contributed by atoms with Crippen LogP contribution in [0.25, 0.3) is 5.69 Å². The van der Waals surface area contributed by atoms with Crippen molar-refractivity contribution in [2.24, 2.45) is 5.84 Å². The highest BCUT2D eigenvalue weighted by Gasteiger charge is 2.02. The zero-order valence-corrected chi connectivity index (χ0v) is 6.88. The van der Waals surface area contributed by atoms with Crippen molar-refractivity contribution in [3.05, 3.63) is 36.7 Å². The maximum absolute atomic E-state index is 5.26. The van der Waals surface area contributed by atoms with Crippen molar-refractivity contribution in [3.8, 4) is 5.69 Å². The van der Waals surface area contributed by atoms with E-state index in [0.29, 0.717) is 5.95 Å². The maximum Gasteiger partial charge on any atom is 0.240 e. The molecule has 0 spiro atoms. The monoisotopic (exact) mass is 175 g/mol. The van der Waals surface area contributed by atoms with Gasteiger partial charge >= 0.3 is 0 Å². The molecule has 0 aliphatic rings. The Labute approximate surface area is 75.2 Å². The molecule has 1 aromatic carbocycles. The Hall–Kier alpha value is -1.88. The van der Waals surface area contributed by atoms with Crippen LogP contribution in [0.3, 0.4) is 0 Å². The molecule has 0 bridgehead atoms. The minimum atomic E-state index is 0.520. The van der Waals surface area contributed by atoms with Gasteiger partial charge in [-0.15, -0.1) is 0 Å². The number of nitrogens with zero attached hydrogens (tertiary/aromatic N) is 3. The molecule has 3 N–H and O–H groups in total. The number of benzene rings is 1. The molecule has 0 unspecified atom stereocenters. The van der Waals surface area contributed by atoms with E-state index < -0.39 is 0 Å². The van der Waals surface area contributed by atoms with E-state index in [-0.39, 0.29) is 0 Å². The average Bonchev–Trinajstić information content (AvgIpc) is 2.67. The van der Waals surface area contributed by atoms with Gasteiger partial charge < -0.3 is 0 Å². The van der Waals surface area contributed by atoms with E-state index in [9.17, 15) is 0 Å². The van der Waals surface area contributed by atoms with Crippen LogP contribution in [0.15, 0.2) is 36.7 Å². The van der Waals surface area contributed by atoms with E-state index in [4.69, 9.17) is 5.84 Å². The largest absolute Gasteiger partial charge is 0.292 e. The van der Waals surface area contributed by atoms with Gasteiger partial charge in [0, 0.05) is 0 Å². The van der Waals surface area contributed by atoms with E-state index >= 15 is 0 Å². The lowest BCUT2D eigenvalue weighted by Gasteiger charge is -2.03. The molecule has 0 fully saturated rings. The van der Waals surface area contributed by atoms with Gasteiger partial charge in [-0.2, -0.15) is 14.8 Å². The number of hydrazine groups is 1. The number of hydrogen-bond donors (Lipinski definition) is 2. The molecule has 2 aromatic rings. The van der Waals surface area contributed by atoms with Crippen molar-refractivity contribution in [2.75, 3.05) is 5.43 Å². The fraction of sp³-hybridized carbons (Fsp3) is 0. The fourth-order valence-electron chi connectivity index (χ4n) is 1.10. The highest BCUT2D eigenvalue weighted by Crippen LogP contribution is 2.09. The van der Waals surface area contributed by atoms with E-state index in [2.05, 4.69) is 15.5 Å². The van der Waals surface area contributed by atoms with Crippen molar-refractivity contribution in [1.82, 2.24) is 14.8 Å². The van der Waals surface area contributed by atoms with Crippen LogP contribution < -0.4 is 11.3 Å². The van der Waals surface area contributed by atoms with Crippen LogP contribution in [-0.2, 0) is 0 Å². The topological polar surface area (TPSA) is 68.8 Å². The van der Waals surface area contributed by atoms with Gasteiger partial charge in [-0.3, -0.25) is 5.43 Å². The average molecular weight is 175 g/mol. The van der Waals surface area contributed by atoms with Gasteiger partial charge in [-0.25, -0.2) is 5.84 Å². The van der Waals surface area contributed by atoms with Crippen LogP contribution in [-0.4, -0.2) is 14.8 Å². The molecule has 0 saturated carbocycles. The van der Waals surface area contributed by atoms with Gasteiger partial charge in [0.1, 0.15) is 6.33 Å². The van der Waals surface area contributed by atoms with Gasteiger partial charge in [0.2, 0.25) is 5.95 Å². The molecule has 5 nitrogen and oxygen atoms in total. The van der Waals surface area contributed by atoms with Crippen LogP contribution in [0.2, 0.25) is 0 Å². The molecule has 0 aliphatic carbocycles. The zero-order chi connectivity index (χ0) is 9.10. The number of anilines is 1. The number of nitrogens with two attached hydrogens (primary N) is 1. The Bertz CT molecular complexity index is 380. The number of hydrogen-bond acceptors (Lipinski definition) is 4. The third-order valence-corrected chi connectivity index (χ3v) is 1.68. The molecule has 0 saturated heterocycles. The summed E-state index contributed by atoms with van der Waals surface area (Å²) in [4.78, 5) is 3.93. The predicted octanol–water partition coefficient (Wildman–Crippen LogP) is 0.553. The molecule has 2 rings (SSSR count). The maximum atomic E-state index is 5.26. The van der Waals surface area contributed by atoms with Crippen molar-refractivity contribution >= 4 is 5.95 Å². The Morgan fingerprint density at radius 3 is 2.69 bits per heavy atom. The molecule has 0 aliphatic heterocycles. The minimum Gasteiger partial charge on any atom is -0.292 e. The fourth-order valence-corrected chi connectivity index (χ4v) is 1.10. The number of aromatic nitrogens is 3. The van der Waals surface area contributed by atoms with Crippen LogP contribution in [0.4, 0.5) is 5.95 Å². The van der Waals surface area contributed by atoms with Gasteiger partial charge in [-0.1, -0.05) is 18.2 Å². The highest BCUT2D eigenvalue weighted by atomic mass is 15.4. The third-order valence-electron chi connectivity index (χ3n) is 1.68. The van der Waals surface area contributed by atoms with E-state index in [1.54, 1.807) is 4.68 Å². The van der Waals surface area contributed by atoms with Crippen molar-refractivity contribution in [3.63, 3.8) is 0 Å². The first-order chi connectivity index (χ1) is 6.42. The van der Waals surface area contributed by atoms with Crippen molar-refractivity contribution < 1.29 is 0 Å². The number of para-hydroxylation sites is 1. The van der Waals surface area contributed by atoms with E-state index in [1.807, 2.05) is 30.3 Å².